The summed E-state index contributed by atoms with van der Waals surface area (Å²) in [5, 5.41) is 14.3. The zero-order valence-corrected chi connectivity index (χ0v) is 11.5. The average Bonchev–Trinajstić information content (AvgIpc) is 2.45. The molecular weight excluding hydrogens is 262 g/mol. The highest BCUT2D eigenvalue weighted by atomic mass is 16.6. The quantitative estimate of drug-likeness (QED) is 0.508. The van der Waals surface area contributed by atoms with Crippen LogP contribution in [0.3, 0.4) is 0 Å². The normalized spacial score (nSPS) is 18.7. The molecule has 0 spiro atoms. The Kier molecular flexibility index (Phi) is 4.19. The van der Waals surface area contributed by atoms with Crippen LogP contribution >= 0.6 is 0 Å². The lowest BCUT2D eigenvalue weighted by Crippen LogP contribution is -2.49. The Bertz CT molecular complexity index is 532. The van der Waals surface area contributed by atoms with Gasteiger partial charge in [-0.3, -0.25) is 10.1 Å². The molecule has 0 bridgehead atoms. The number of nitro groups is 1. The fraction of sp³-hybridized carbons (Fsp3) is 0.462. The van der Waals surface area contributed by atoms with Gasteiger partial charge in [0.15, 0.2) is 0 Å². The monoisotopic (exact) mass is 279 g/mol. The molecule has 0 saturated carbocycles. The van der Waals surface area contributed by atoms with Gasteiger partial charge in [0.1, 0.15) is 5.56 Å². The SMILES string of the molecule is COC(=O)c1cc(N2CCN[C@H](C)C2)ccc1[N+](=O)[O-]. The Hall–Kier alpha value is -2.15. The van der Waals surface area contributed by atoms with E-state index in [0.29, 0.717) is 6.04 Å². The number of hydrogen-bond acceptors (Lipinski definition) is 6. The molecule has 1 aliphatic heterocycles. The fourth-order valence-corrected chi connectivity index (χ4v) is 2.32. The lowest BCUT2D eigenvalue weighted by atomic mass is 10.1. The largest absolute Gasteiger partial charge is 0.465 e. The first-order chi connectivity index (χ1) is 9.52. The number of nitro benzene ring substituents is 1. The molecule has 0 amide bonds. The number of piperazine rings is 1. The molecule has 20 heavy (non-hydrogen) atoms. The second-order valence-electron chi connectivity index (χ2n) is 4.75. The van der Waals surface area contributed by atoms with Crippen LogP contribution in [0.25, 0.3) is 0 Å². The van der Waals surface area contributed by atoms with E-state index < -0.39 is 10.9 Å². The van der Waals surface area contributed by atoms with Crippen molar-refractivity contribution in [3.05, 3.63) is 33.9 Å². The van der Waals surface area contributed by atoms with Crippen LogP contribution in [-0.4, -0.2) is 43.7 Å². The van der Waals surface area contributed by atoms with Crippen molar-refractivity contribution in [3.63, 3.8) is 0 Å². The Morgan fingerprint density at radius 3 is 2.90 bits per heavy atom. The number of methoxy groups -OCH3 is 1. The van der Waals surface area contributed by atoms with Gasteiger partial charge in [0, 0.05) is 37.4 Å². The van der Waals surface area contributed by atoms with Gasteiger partial charge in [-0.2, -0.15) is 0 Å². The number of carbonyl (C=O) groups excluding carboxylic acids is 1. The third kappa shape index (κ3) is 2.88. The summed E-state index contributed by atoms with van der Waals surface area (Å²) in [6, 6.07) is 4.89. The van der Waals surface area contributed by atoms with Crippen LogP contribution in [0.4, 0.5) is 11.4 Å². The predicted octanol–water partition coefficient (Wildman–Crippen LogP) is 1.18. The molecule has 7 nitrogen and oxygen atoms in total. The molecule has 0 unspecified atom stereocenters. The van der Waals surface area contributed by atoms with Gasteiger partial charge in [-0.1, -0.05) is 0 Å². The number of nitrogens with zero attached hydrogens (tertiary/aromatic N) is 2. The molecule has 1 atom stereocenters. The molecule has 7 heteroatoms. The Morgan fingerprint density at radius 2 is 2.30 bits per heavy atom. The van der Waals surface area contributed by atoms with Gasteiger partial charge in [-0.15, -0.1) is 0 Å². The molecule has 1 N–H and O–H groups in total. The van der Waals surface area contributed by atoms with Gasteiger partial charge in [0.05, 0.1) is 12.0 Å². The van der Waals surface area contributed by atoms with Crippen molar-refractivity contribution >= 4 is 17.3 Å². The fourth-order valence-electron chi connectivity index (χ4n) is 2.32. The minimum atomic E-state index is -0.693. The Labute approximate surface area is 116 Å². The summed E-state index contributed by atoms with van der Waals surface area (Å²) in [5.74, 6) is -0.693. The number of hydrogen-bond donors (Lipinski definition) is 1. The summed E-state index contributed by atoms with van der Waals surface area (Å²) in [7, 11) is 1.21. The van der Waals surface area contributed by atoms with E-state index in [4.69, 9.17) is 0 Å². The molecule has 2 rings (SSSR count). The molecule has 1 fully saturated rings. The van der Waals surface area contributed by atoms with E-state index in [2.05, 4.69) is 21.9 Å². The lowest BCUT2D eigenvalue weighted by molar-refractivity contribution is -0.385. The minimum Gasteiger partial charge on any atom is -0.465 e. The van der Waals surface area contributed by atoms with Crippen LogP contribution in [-0.2, 0) is 4.74 Å². The number of ether oxygens (including phenoxy) is 1. The summed E-state index contributed by atoms with van der Waals surface area (Å²) in [5.41, 5.74) is 0.550. The van der Waals surface area contributed by atoms with Gasteiger partial charge in [-0.25, -0.2) is 4.79 Å². The maximum atomic E-state index is 11.7. The summed E-state index contributed by atoms with van der Waals surface area (Å²) >= 11 is 0. The molecule has 108 valence electrons. The number of anilines is 1. The second kappa shape index (κ2) is 5.87. The third-order valence-corrected chi connectivity index (χ3v) is 3.32. The first kappa shape index (κ1) is 14.3. The topological polar surface area (TPSA) is 84.7 Å². The molecule has 1 aromatic rings. The number of carbonyl (C=O) groups is 1. The van der Waals surface area contributed by atoms with E-state index in [-0.39, 0.29) is 11.3 Å². The zero-order valence-electron chi connectivity index (χ0n) is 11.5. The van der Waals surface area contributed by atoms with Gasteiger partial charge in [0.25, 0.3) is 5.69 Å². The van der Waals surface area contributed by atoms with Gasteiger partial charge >= 0.3 is 5.97 Å². The Morgan fingerprint density at radius 1 is 1.55 bits per heavy atom. The minimum absolute atomic E-state index is 0.0128. The molecule has 0 aliphatic carbocycles. The van der Waals surface area contributed by atoms with Crippen molar-refractivity contribution in [1.82, 2.24) is 5.32 Å². The summed E-state index contributed by atoms with van der Waals surface area (Å²) < 4.78 is 4.62. The maximum absolute atomic E-state index is 11.7. The van der Waals surface area contributed by atoms with E-state index in [9.17, 15) is 14.9 Å². The summed E-state index contributed by atoms with van der Waals surface area (Å²) in [6.45, 7) is 4.49. The average molecular weight is 279 g/mol. The number of benzene rings is 1. The highest BCUT2D eigenvalue weighted by Gasteiger charge is 2.24. The lowest BCUT2D eigenvalue weighted by Gasteiger charge is -2.33. The van der Waals surface area contributed by atoms with Gasteiger partial charge in [-0.05, 0) is 19.1 Å². The van der Waals surface area contributed by atoms with E-state index in [1.54, 1.807) is 6.07 Å². The van der Waals surface area contributed by atoms with Crippen molar-refractivity contribution < 1.29 is 14.5 Å². The van der Waals surface area contributed by atoms with Gasteiger partial charge in [0.2, 0.25) is 0 Å². The summed E-state index contributed by atoms with van der Waals surface area (Å²) in [6.07, 6.45) is 0. The zero-order chi connectivity index (χ0) is 14.7. The van der Waals surface area contributed by atoms with Crippen molar-refractivity contribution in [2.45, 2.75) is 13.0 Å². The van der Waals surface area contributed by atoms with Crippen LogP contribution in [0.5, 0.6) is 0 Å². The number of esters is 1. The first-order valence-electron chi connectivity index (χ1n) is 6.38. The van der Waals surface area contributed by atoms with E-state index in [0.717, 1.165) is 25.3 Å². The highest BCUT2D eigenvalue weighted by Crippen LogP contribution is 2.26. The third-order valence-electron chi connectivity index (χ3n) is 3.32. The standard InChI is InChI=1S/C13H17N3O4/c1-9-8-15(6-5-14-9)10-3-4-12(16(18)19)11(7-10)13(17)20-2/h3-4,7,9,14H,5-6,8H2,1-2H3/t9-/m1/s1. The van der Waals surface area contributed by atoms with Crippen LogP contribution < -0.4 is 10.2 Å². The van der Waals surface area contributed by atoms with Crippen LogP contribution in [0.1, 0.15) is 17.3 Å². The molecule has 1 aliphatic rings. The smallest absolute Gasteiger partial charge is 0.344 e. The van der Waals surface area contributed by atoms with Crippen molar-refractivity contribution in [3.8, 4) is 0 Å². The molecule has 1 aromatic carbocycles. The van der Waals surface area contributed by atoms with Crippen LogP contribution in [0.2, 0.25) is 0 Å². The highest BCUT2D eigenvalue weighted by molar-refractivity contribution is 5.95. The Balaban J connectivity index is 2.36. The first-order valence-corrected chi connectivity index (χ1v) is 6.38. The molecule has 0 radical (unpaired) electrons. The number of nitrogens with one attached hydrogen (secondary N) is 1. The molecule has 0 aromatic heterocycles. The van der Waals surface area contributed by atoms with Crippen molar-refractivity contribution in [1.29, 1.82) is 0 Å². The molecule has 1 saturated heterocycles. The van der Waals surface area contributed by atoms with Crippen molar-refractivity contribution in [2.24, 2.45) is 0 Å². The van der Waals surface area contributed by atoms with Crippen LogP contribution in [0.15, 0.2) is 18.2 Å². The van der Waals surface area contributed by atoms with Gasteiger partial charge < -0.3 is 15.0 Å². The van der Waals surface area contributed by atoms with E-state index in [1.165, 1.54) is 19.2 Å². The maximum Gasteiger partial charge on any atom is 0.344 e. The van der Waals surface area contributed by atoms with Crippen molar-refractivity contribution in [2.75, 3.05) is 31.6 Å². The summed E-state index contributed by atoms with van der Waals surface area (Å²) in [4.78, 5) is 24.2. The van der Waals surface area contributed by atoms with E-state index in [1.807, 2.05) is 0 Å². The predicted molar refractivity (Wildman–Crippen MR) is 74.1 cm³/mol. The van der Waals surface area contributed by atoms with E-state index >= 15 is 0 Å². The molecule has 1 heterocycles. The number of rotatable bonds is 3. The van der Waals surface area contributed by atoms with Crippen LogP contribution in [0, 0.1) is 10.1 Å². The molecular formula is C13H17N3O4. The second-order valence-corrected chi connectivity index (χ2v) is 4.75.